The predicted molar refractivity (Wildman–Crippen MR) is 107 cm³/mol. The van der Waals surface area contributed by atoms with Gasteiger partial charge in [-0.15, -0.1) is 11.3 Å². The lowest BCUT2D eigenvalue weighted by Crippen LogP contribution is -2.60. The summed E-state index contributed by atoms with van der Waals surface area (Å²) in [5.41, 5.74) is -0.302. The number of nitrogens with one attached hydrogen (secondary N) is 3. The van der Waals surface area contributed by atoms with E-state index < -0.39 is 11.6 Å². The first-order valence-electron chi connectivity index (χ1n) is 9.16. The Hall–Kier alpha value is -2.54. The summed E-state index contributed by atoms with van der Waals surface area (Å²) >= 11 is 1.60. The maximum Gasteiger partial charge on any atom is 0.320 e. The average Bonchev–Trinajstić information content (AvgIpc) is 3.20. The molecule has 27 heavy (non-hydrogen) atoms. The van der Waals surface area contributed by atoms with Gasteiger partial charge in [0, 0.05) is 4.88 Å². The van der Waals surface area contributed by atoms with E-state index in [1.165, 1.54) is 0 Å². The largest absolute Gasteiger partial charge is 0.495 e. The highest BCUT2D eigenvalue weighted by atomic mass is 32.1. The first kappa shape index (κ1) is 19.2. The predicted octanol–water partition coefficient (Wildman–Crippen LogP) is 3.90. The summed E-state index contributed by atoms with van der Waals surface area (Å²) in [4.78, 5) is 26.7. The molecule has 1 heterocycles. The minimum Gasteiger partial charge on any atom is -0.495 e. The highest BCUT2D eigenvalue weighted by molar-refractivity contribution is 7.09. The number of carbonyl (C=O) groups excluding carboxylic acids is 2. The second-order valence-corrected chi connectivity index (χ2v) is 7.72. The fraction of sp³-hybridized carbons (Fsp3) is 0.400. The van der Waals surface area contributed by atoms with Crippen molar-refractivity contribution in [2.24, 2.45) is 0 Å². The summed E-state index contributed by atoms with van der Waals surface area (Å²) in [7, 11) is 1.55. The van der Waals surface area contributed by atoms with Gasteiger partial charge in [-0.05, 0) is 36.4 Å². The van der Waals surface area contributed by atoms with Crippen molar-refractivity contribution >= 4 is 29.0 Å². The molecular formula is C20H25N3O3S. The Morgan fingerprint density at radius 1 is 1.11 bits per heavy atom. The lowest BCUT2D eigenvalue weighted by atomic mass is 9.81. The summed E-state index contributed by atoms with van der Waals surface area (Å²) in [5.74, 6) is 0.457. The first-order valence-corrected chi connectivity index (χ1v) is 10.0. The van der Waals surface area contributed by atoms with Gasteiger partial charge < -0.3 is 20.7 Å². The third kappa shape index (κ3) is 4.80. The molecule has 1 aliphatic rings. The number of amides is 3. The van der Waals surface area contributed by atoms with Crippen LogP contribution < -0.4 is 20.7 Å². The van der Waals surface area contributed by atoms with Crippen LogP contribution in [0, 0.1) is 0 Å². The number of rotatable bonds is 6. The number of thiophene rings is 1. The van der Waals surface area contributed by atoms with E-state index in [4.69, 9.17) is 4.74 Å². The van der Waals surface area contributed by atoms with Gasteiger partial charge in [0.05, 0.1) is 19.3 Å². The maximum absolute atomic E-state index is 13.0. The van der Waals surface area contributed by atoms with E-state index in [1.54, 1.807) is 30.6 Å². The van der Waals surface area contributed by atoms with Crippen LogP contribution in [0.5, 0.6) is 5.75 Å². The molecule has 1 aromatic heterocycles. The second-order valence-electron chi connectivity index (χ2n) is 6.68. The van der Waals surface area contributed by atoms with E-state index in [1.807, 2.05) is 29.6 Å². The molecule has 0 spiro atoms. The highest BCUT2D eigenvalue weighted by Crippen LogP contribution is 2.29. The molecule has 0 radical (unpaired) electrons. The van der Waals surface area contributed by atoms with Gasteiger partial charge in [-0.2, -0.15) is 0 Å². The Balaban J connectivity index is 1.68. The monoisotopic (exact) mass is 387 g/mol. The van der Waals surface area contributed by atoms with Crippen LogP contribution in [0.25, 0.3) is 0 Å². The molecule has 1 aliphatic carbocycles. The van der Waals surface area contributed by atoms with E-state index in [-0.39, 0.29) is 5.91 Å². The smallest absolute Gasteiger partial charge is 0.320 e. The lowest BCUT2D eigenvalue weighted by molar-refractivity contribution is -0.128. The number of ether oxygens (including phenoxy) is 1. The molecule has 3 rings (SSSR count). The quantitative estimate of drug-likeness (QED) is 0.703. The van der Waals surface area contributed by atoms with Crippen molar-refractivity contribution in [3.63, 3.8) is 0 Å². The Bertz CT molecular complexity index is 771. The standard InChI is InChI=1S/C20H25N3O3S/c1-26-17-10-4-3-9-16(17)22-19(25)23-20(11-5-2-6-12-20)18(24)21-14-15-8-7-13-27-15/h3-4,7-10,13H,2,5-6,11-12,14H2,1H3,(H,21,24)(H2,22,23,25). The maximum atomic E-state index is 13.0. The minimum atomic E-state index is -0.873. The van der Waals surface area contributed by atoms with Crippen LogP contribution in [0.4, 0.5) is 10.5 Å². The Kier molecular flexibility index (Phi) is 6.34. The molecule has 2 aromatic rings. The highest BCUT2D eigenvalue weighted by Gasteiger charge is 2.40. The molecule has 0 atom stereocenters. The van der Waals surface area contributed by atoms with E-state index >= 15 is 0 Å². The molecule has 3 N–H and O–H groups in total. The first-order chi connectivity index (χ1) is 13.1. The molecule has 0 aliphatic heterocycles. The zero-order valence-corrected chi connectivity index (χ0v) is 16.2. The number of anilines is 1. The molecule has 1 fully saturated rings. The number of carbonyl (C=O) groups is 2. The molecule has 0 saturated heterocycles. The van der Waals surface area contributed by atoms with Crippen molar-refractivity contribution in [1.82, 2.24) is 10.6 Å². The molecular weight excluding hydrogens is 362 g/mol. The molecule has 3 amide bonds. The third-order valence-corrected chi connectivity index (χ3v) is 5.73. The second kappa shape index (κ2) is 8.90. The van der Waals surface area contributed by atoms with E-state index in [2.05, 4.69) is 16.0 Å². The van der Waals surface area contributed by atoms with Crippen LogP contribution in [0.15, 0.2) is 41.8 Å². The Labute approximate surface area is 163 Å². The van der Waals surface area contributed by atoms with E-state index in [0.717, 1.165) is 24.1 Å². The van der Waals surface area contributed by atoms with E-state index in [9.17, 15) is 9.59 Å². The third-order valence-electron chi connectivity index (χ3n) is 4.85. The minimum absolute atomic E-state index is 0.120. The van der Waals surface area contributed by atoms with Crippen LogP contribution in [0.3, 0.4) is 0 Å². The zero-order chi connectivity index (χ0) is 19.1. The summed E-state index contributed by atoms with van der Waals surface area (Å²) < 4.78 is 5.27. The molecule has 6 nitrogen and oxygen atoms in total. The molecule has 0 unspecified atom stereocenters. The van der Waals surface area contributed by atoms with Crippen molar-refractivity contribution in [2.45, 2.75) is 44.2 Å². The zero-order valence-electron chi connectivity index (χ0n) is 15.4. The molecule has 0 bridgehead atoms. The van der Waals surface area contributed by atoms with Crippen molar-refractivity contribution in [1.29, 1.82) is 0 Å². The summed E-state index contributed by atoms with van der Waals surface area (Å²) in [6, 6.07) is 10.8. The summed E-state index contributed by atoms with van der Waals surface area (Å²) in [6.07, 6.45) is 4.20. The van der Waals surface area contributed by atoms with Crippen LogP contribution in [-0.4, -0.2) is 24.6 Å². The van der Waals surface area contributed by atoms with E-state index in [0.29, 0.717) is 30.8 Å². The van der Waals surface area contributed by atoms with Crippen molar-refractivity contribution in [2.75, 3.05) is 12.4 Å². The number of urea groups is 1. The van der Waals surface area contributed by atoms with Crippen molar-refractivity contribution in [3.05, 3.63) is 46.7 Å². The molecule has 1 aromatic carbocycles. The summed E-state index contributed by atoms with van der Waals surface area (Å²) in [5, 5.41) is 10.7. The molecule has 7 heteroatoms. The molecule has 144 valence electrons. The number of benzene rings is 1. The van der Waals surface area contributed by atoms with Crippen LogP contribution in [-0.2, 0) is 11.3 Å². The number of hydrogen-bond donors (Lipinski definition) is 3. The fourth-order valence-corrected chi connectivity index (χ4v) is 4.08. The van der Waals surface area contributed by atoms with Crippen molar-refractivity contribution in [3.8, 4) is 5.75 Å². The summed E-state index contributed by atoms with van der Waals surface area (Å²) in [6.45, 7) is 0.480. The van der Waals surface area contributed by atoms with Crippen LogP contribution in [0.1, 0.15) is 37.0 Å². The van der Waals surface area contributed by atoms with Crippen molar-refractivity contribution < 1.29 is 14.3 Å². The van der Waals surface area contributed by atoms with Gasteiger partial charge in [0.15, 0.2) is 0 Å². The topological polar surface area (TPSA) is 79.5 Å². The van der Waals surface area contributed by atoms with Crippen LogP contribution >= 0.6 is 11.3 Å². The SMILES string of the molecule is COc1ccccc1NC(=O)NC1(C(=O)NCc2cccs2)CCCCC1. The van der Waals surface area contributed by atoms with Gasteiger partial charge in [0.2, 0.25) is 5.91 Å². The van der Waals surface area contributed by atoms with Gasteiger partial charge in [-0.1, -0.05) is 37.5 Å². The van der Waals surface area contributed by atoms with Gasteiger partial charge in [0.1, 0.15) is 11.3 Å². The number of para-hydroxylation sites is 2. The Morgan fingerprint density at radius 3 is 2.59 bits per heavy atom. The Morgan fingerprint density at radius 2 is 1.89 bits per heavy atom. The normalized spacial score (nSPS) is 15.6. The van der Waals surface area contributed by atoms with Gasteiger partial charge in [0.25, 0.3) is 0 Å². The van der Waals surface area contributed by atoms with Crippen LogP contribution in [0.2, 0.25) is 0 Å². The van der Waals surface area contributed by atoms with Gasteiger partial charge in [-0.25, -0.2) is 4.79 Å². The van der Waals surface area contributed by atoms with Gasteiger partial charge >= 0.3 is 6.03 Å². The number of methoxy groups -OCH3 is 1. The lowest BCUT2D eigenvalue weighted by Gasteiger charge is -2.36. The van der Waals surface area contributed by atoms with Gasteiger partial charge in [-0.3, -0.25) is 4.79 Å². The fourth-order valence-electron chi connectivity index (χ4n) is 3.43. The average molecular weight is 388 g/mol. The molecule has 1 saturated carbocycles. The number of hydrogen-bond acceptors (Lipinski definition) is 4.